The van der Waals surface area contributed by atoms with Gasteiger partial charge in [0.05, 0.1) is 6.10 Å². The summed E-state index contributed by atoms with van der Waals surface area (Å²) in [5, 5.41) is 16.7. The SMILES string of the molecule is CCNC(=NCCCOCC1CCOCC1)NCCC(O)c1ccccc1.I. The van der Waals surface area contributed by atoms with E-state index >= 15 is 0 Å². The Bertz CT molecular complexity index is 525. The number of nitrogens with one attached hydrogen (secondary N) is 2. The monoisotopic (exact) mass is 505 g/mol. The fourth-order valence-corrected chi connectivity index (χ4v) is 3.03. The van der Waals surface area contributed by atoms with Crippen LogP contribution in [0, 0.1) is 5.92 Å². The minimum atomic E-state index is -0.458. The highest BCUT2D eigenvalue weighted by atomic mass is 127. The van der Waals surface area contributed by atoms with Gasteiger partial charge in [-0.2, -0.15) is 0 Å². The van der Waals surface area contributed by atoms with Gasteiger partial charge >= 0.3 is 0 Å². The number of nitrogens with zero attached hydrogens (tertiary/aromatic N) is 1. The van der Waals surface area contributed by atoms with Crippen molar-refractivity contribution in [1.29, 1.82) is 0 Å². The van der Waals surface area contributed by atoms with Crippen molar-refractivity contribution in [3.05, 3.63) is 35.9 Å². The number of ether oxygens (including phenoxy) is 2. The molecule has 1 aromatic carbocycles. The molecule has 2 rings (SSSR count). The molecule has 1 unspecified atom stereocenters. The van der Waals surface area contributed by atoms with Crippen molar-refractivity contribution in [3.63, 3.8) is 0 Å². The van der Waals surface area contributed by atoms with Gasteiger partial charge in [0.25, 0.3) is 0 Å². The lowest BCUT2D eigenvalue weighted by atomic mass is 10.0. The van der Waals surface area contributed by atoms with Crippen molar-refractivity contribution in [2.24, 2.45) is 10.9 Å². The van der Waals surface area contributed by atoms with Crippen molar-refractivity contribution in [1.82, 2.24) is 10.6 Å². The molecule has 1 atom stereocenters. The summed E-state index contributed by atoms with van der Waals surface area (Å²) in [5.74, 6) is 1.44. The second-order valence-corrected chi connectivity index (χ2v) is 6.89. The van der Waals surface area contributed by atoms with Gasteiger partial charge in [-0.25, -0.2) is 0 Å². The second-order valence-electron chi connectivity index (χ2n) is 6.89. The van der Waals surface area contributed by atoms with Gasteiger partial charge in [0, 0.05) is 46.1 Å². The lowest BCUT2D eigenvalue weighted by Crippen LogP contribution is -2.38. The lowest BCUT2D eigenvalue weighted by Gasteiger charge is -2.21. The quantitative estimate of drug-likeness (QED) is 0.187. The summed E-state index contributed by atoms with van der Waals surface area (Å²) in [7, 11) is 0. The van der Waals surface area contributed by atoms with Crippen molar-refractivity contribution in [3.8, 4) is 0 Å². The van der Waals surface area contributed by atoms with Crippen LogP contribution in [0.3, 0.4) is 0 Å². The van der Waals surface area contributed by atoms with Crippen LogP contribution < -0.4 is 10.6 Å². The largest absolute Gasteiger partial charge is 0.388 e. The molecule has 0 bridgehead atoms. The molecule has 0 aromatic heterocycles. The van der Waals surface area contributed by atoms with Crippen molar-refractivity contribution in [2.75, 3.05) is 46.1 Å². The van der Waals surface area contributed by atoms with Gasteiger partial charge < -0.3 is 25.2 Å². The van der Waals surface area contributed by atoms with Crippen LogP contribution in [0.1, 0.15) is 44.3 Å². The van der Waals surface area contributed by atoms with Crippen LogP contribution in [0.5, 0.6) is 0 Å². The first-order valence-corrected chi connectivity index (χ1v) is 10.2. The molecule has 1 fully saturated rings. The number of hydrogen-bond acceptors (Lipinski definition) is 4. The Morgan fingerprint density at radius 2 is 2.00 bits per heavy atom. The summed E-state index contributed by atoms with van der Waals surface area (Å²) in [6, 6.07) is 9.75. The van der Waals surface area contributed by atoms with Crippen LogP contribution in [-0.4, -0.2) is 57.1 Å². The van der Waals surface area contributed by atoms with Crippen LogP contribution in [0.2, 0.25) is 0 Å². The zero-order chi connectivity index (χ0) is 19.2. The predicted octanol–water partition coefficient (Wildman–Crippen LogP) is 3.12. The van der Waals surface area contributed by atoms with E-state index in [4.69, 9.17) is 9.47 Å². The molecule has 7 heteroatoms. The summed E-state index contributed by atoms with van der Waals surface area (Å²) in [6.07, 6.45) is 3.32. The molecule has 0 radical (unpaired) electrons. The Balaban J connectivity index is 0.00000392. The highest BCUT2D eigenvalue weighted by Crippen LogP contribution is 2.15. The maximum atomic E-state index is 10.2. The Morgan fingerprint density at radius 3 is 2.71 bits per heavy atom. The predicted molar refractivity (Wildman–Crippen MR) is 124 cm³/mol. The van der Waals surface area contributed by atoms with E-state index in [9.17, 15) is 5.11 Å². The maximum absolute atomic E-state index is 10.2. The van der Waals surface area contributed by atoms with E-state index in [0.717, 1.165) is 70.3 Å². The molecule has 1 aromatic rings. The number of hydrogen-bond donors (Lipinski definition) is 3. The number of benzene rings is 1. The standard InChI is InChI=1S/C21H35N3O3.HI/c1-2-22-21(24-13-9-20(25)19-7-4-3-5-8-19)23-12-6-14-27-17-18-10-15-26-16-11-18;/h3-5,7-8,18,20,25H,2,6,9-17H2,1H3,(H2,22,23,24);1H. The summed E-state index contributed by atoms with van der Waals surface area (Å²) in [6.45, 7) is 7.58. The van der Waals surface area contributed by atoms with Gasteiger partial charge in [0.15, 0.2) is 5.96 Å². The minimum absolute atomic E-state index is 0. The molecule has 1 heterocycles. The summed E-state index contributed by atoms with van der Waals surface area (Å²) in [5.41, 5.74) is 0.947. The molecule has 1 saturated heterocycles. The first kappa shape index (κ1) is 25.1. The molecule has 3 N–H and O–H groups in total. The van der Waals surface area contributed by atoms with Gasteiger partial charge in [-0.1, -0.05) is 30.3 Å². The molecule has 0 amide bonds. The lowest BCUT2D eigenvalue weighted by molar-refractivity contribution is 0.0205. The van der Waals surface area contributed by atoms with Crippen LogP contribution in [-0.2, 0) is 9.47 Å². The molecular formula is C21H36IN3O3. The van der Waals surface area contributed by atoms with Crippen molar-refractivity contribution in [2.45, 2.75) is 38.7 Å². The first-order valence-electron chi connectivity index (χ1n) is 10.2. The zero-order valence-electron chi connectivity index (χ0n) is 16.9. The number of halogens is 1. The van der Waals surface area contributed by atoms with Gasteiger partial charge in [-0.3, -0.25) is 4.99 Å². The topological polar surface area (TPSA) is 75.1 Å². The number of guanidine groups is 1. The fraction of sp³-hybridized carbons (Fsp3) is 0.667. The second kappa shape index (κ2) is 16.0. The van der Waals surface area contributed by atoms with Gasteiger partial charge in [-0.15, -0.1) is 24.0 Å². The van der Waals surface area contributed by atoms with E-state index in [1.54, 1.807) is 0 Å². The third kappa shape index (κ3) is 10.6. The van der Waals surface area contributed by atoms with Gasteiger partial charge in [-0.05, 0) is 44.1 Å². The molecule has 0 spiro atoms. The smallest absolute Gasteiger partial charge is 0.191 e. The van der Waals surface area contributed by atoms with E-state index in [2.05, 4.69) is 15.6 Å². The van der Waals surface area contributed by atoms with Gasteiger partial charge in [0.1, 0.15) is 0 Å². The Labute approximate surface area is 186 Å². The average Bonchev–Trinajstić information content (AvgIpc) is 2.71. The minimum Gasteiger partial charge on any atom is -0.388 e. The van der Waals surface area contributed by atoms with Gasteiger partial charge in [0.2, 0.25) is 0 Å². The molecule has 0 aliphatic carbocycles. The average molecular weight is 505 g/mol. The van der Waals surface area contributed by atoms with Crippen LogP contribution in [0.25, 0.3) is 0 Å². The highest BCUT2D eigenvalue weighted by molar-refractivity contribution is 14.0. The number of aliphatic imine (C=N–C) groups is 1. The van der Waals surface area contributed by atoms with Crippen LogP contribution >= 0.6 is 24.0 Å². The summed E-state index contributed by atoms with van der Waals surface area (Å²) >= 11 is 0. The molecule has 6 nitrogen and oxygen atoms in total. The molecule has 1 aliphatic heterocycles. The maximum Gasteiger partial charge on any atom is 0.191 e. The summed E-state index contributed by atoms with van der Waals surface area (Å²) in [4.78, 5) is 4.58. The number of aliphatic hydroxyl groups excluding tert-OH is 1. The van der Waals surface area contributed by atoms with E-state index < -0.39 is 6.10 Å². The number of rotatable bonds is 11. The Hall–Kier alpha value is -0.900. The Morgan fingerprint density at radius 1 is 1.25 bits per heavy atom. The molecule has 1 aliphatic rings. The van der Waals surface area contributed by atoms with E-state index in [1.165, 1.54) is 0 Å². The van der Waals surface area contributed by atoms with E-state index in [0.29, 0.717) is 18.9 Å². The third-order valence-corrected chi connectivity index (χ3v) is 4.65. The molecule has 0 saturated carbocycles. The fourth-order valence-electron chi connectivity index (χ4n) is 3.03. The normalized spacial score (nSPS) is 16.3. The van der Waals surface area contributed by atoms with E-state index in [1.807, 2.05) is 37.3 Å². The summed E-state index contributed by atoms with van der Waals surface area (Å²) < 4.78 is 11.1. The number of aliphatic hydroxyl groups is 1. The molecule has 160 valence electrons. The van der Waals surface area contributed by atoms with E-state index in [-0.39, 0.29) is 24.0 Å². The highest BCUT2D eigenvalue weighted by Gasteiger charge is 2.13. The Kier molecular flexibility index (Phi) is 14.3. The molecule has 28 heavy (non-hydrogen) atoms. The third-order valence-electron chi connectivity index (χ3n) is 4.65. The van der Waals surface area contributed by atoms with Crippen molar-refractivity contribution >= 4 is 29.9 Å². The molecular weight excluding hydrogens is 469 g/mol. The first-order chi connectivity index (χ1) is 13.3. The zero-order valence-corrected chi connectivity index (χ0v) is 19.3. The van der Waals surface area contributed by atoms with Crippen LogP contribution in [0.4, 0.5) is 0 Å². The van der Waals surface area contributed by atoms with Crippen molar-refractivity contribution < 1.29 is 14.6 Å². The van der Waals surface area contributed by atoms with Crippen LogP contribution in [0.15, 0.2) is 35.3 Å².